The molecule has 3 heterocycles. The second-order valence-corrected chi connectivity index (χ2v) is 7.54. The molecule has 0 aliphatic carbocycles. The number of piperazine rings is 1. The zero-order chi connectivity index (χ0) is 19.6. The molecule has 2 aromatic rings. The minimum Gasteiger partial charge on any atom is -0.353 e. The second kappa shape index (κ2) is 7.90. The molecule has 0 atom stereocenters. The zero-order valence-corrected chi connectivity index (χ0v) is 16.4. The van der Waals surface area contributed by atoms with Crippen molar-refractivity contribution in [1.82, 2.24) is 19.9 Å². The number of carbonyl (C=O) groups is 1. The monoisotopic (exact) mass is 369 g/mol. The highest BCUT2D eigenvalue weighted by atomic mass is 16.2. The van der Waals surface area contributed by atoms with Crippen molar-refractivity contribution in [2.45, 2.75) is 39.5 Å². The quantitative estimate of drug-likeness (QED) is 0.895. The van der Waals surface area contributed by atoms with Crippen LogP contribution in [0.4, 0.5) is 5.82 Å². The van der Waals surface area contributed by atoms with Gasteiger partial charge in [-0.1, -0.05) is 27.7 Å². The van der Waals surface area contributed by atoms with Gasteiger partial charge in [0.05, 0.1) is 5.56 Å². The van der Waals surface area contributed by atoms with E-state index in [9.17, 15) is 9.59 Å². The third-order valence-corrected chi connectivity index (χ3v) is 4.78. The Labute approximate surface area is 159 Å². The Hall–Kier alpha value is -2.70. The summed E-state index contributed by atoms with van der Waals surface area (Å²) in [6, 6.07) is 5.02. The van der Waals surface area contributed by atoms with Gasteiger partial charge in [0.25, 0.3) is 5.91 Å². The summed E-state index contributed by atoms with van der Waals surface area (Å²) in [4.78, 5) is 39.8. The highest BCUT2D eigenvalue weighted by Crippen LogP contribution is 2.23. The minimum absolute atomic E-state index is 0.0562. The number of carbonyl (C=O) groups excluding carboxylic acids is 1. The second-order valence-electron chi connectivity index (χ2n) is 7.54. The lowest BCUT2D eigenvalue weighted by Crippen LogP contribution is -2.49. The highest BCUT2D eigenvalue weighted by Gasteiger charge is 2.24. The Morgan fingerprint density at radius 2 is 1.74 bits per heavy atom. The fourth-order valence-corrected chi connectivity index (χ4v) is 3.05. The number of hydrogen-bond donors (Lipinski definition) is 1. The number of hydrogen-bond acceptors (Lipinski definition) is 5. The summed E-state index contributed by atoms with van der Waals surface area (Å²) in [5.74, 6) is 2.36. The first kappa shape index (κ1) is 19.1. The van der Waals surface area contributed by atoms with Gasteiger partial charge < -0.3 is 14.8 Å². The Balaban J connectivity index is 1.72. The van der Waals surface area contributed by atoms with Crippen LogP contribution in [0.2, 0.25) is 0 Å². The fourth-order valence-electron chi connectivity index (χ4n) is 3.05. The third kappa shape index (κ3) is 4.35. The molecule has 1 aliphatic rings. The maximum absolute atomic E-state index is 12.6. The molecule has 1 amide bonds. The number of aromatic amines is 1. The molecule has 1 aliphatic heterocycles. The van der Waals surface area contributed by atoms with Crippen molar-refractivity contribution in [2.75, 3.05) is 31.1 Å². The van der Waals surface area contributed by atoms with E-state index in [0.29, 0.717) is 24.6 Å². The molecule has 1 saturated heterocycles. The number of amides is 1. The first-order valence-electron chi connectivity index (χ1n) is 9.47. The van der Waals surface area contributed by atoms with Crippen molar-refractivity contribution in [3.63, 3.8) is 0 Å². The molecule has 27 heavy (non-hydrogen) atoms. The van der Waals surface area contributed by atoms with E-state index in [1.165, 1.54) is 12.3 Å². The molecular formula is C20H27N5O2. The Morgan fingerprint density at radius 3 is 2.30 bits per heavy atom. The van der Waals surface area contributed by atoms with Gasteiger partial charge in [0.15, 0.2) is 0 Å². The zero-order valence-electron chi connectivity index (χ0n) is 16.4. The summed E-state index contributed by atoms with van der Waals surface area (Å²) in [5.41, 5.74) is 1.35. The summed E-state index contributed by atoms with van der Waals surface area (Å²) in [6.07, 6.45) is 1.48. The molecule has 0 aromatic carbocycles. The van der Waals surface area contributed by atoms with Gasteiger partial charge in [-0.25, -0.2) is 9.97 Å². The van der Waals surface area contributed by atoms with Crippen molar-refractivity contribution in [3.05, 3.63) is 51.8 Å². The Kier molecular flexibility index (Phi) is 5.58. The highest BCUT2D eigenvalue weighted by molar-refractivity contribution is 5.94. The minimum atomic E-state index is -0.206. The molecule has 144 valence electrons. The van der Waals surface area contributed by atoms with E-state index >= 15 is 0 Å². The van der Waals surface area contributed by atoms with Gasteiger partial charge in [-0.05, 0) is 12.0 Å². The molecule has 0 saturated carbocycles. The molecule has 3 rings (SSSR count). The van der Waals surface area contributed by atoms with Crippen LogP contribution in [0.15, 0.2) is 29.2 Å². The van der Waals surface area contributed by atoms with Crippen LogP contribution in [0.3, 0.4) is 0 Å². The first-order valence-corrected chi connectivity index (χ1v) is 9.47. The molecule has 0 spiro atoms. The van der Waals surface area contributed by atoms with E-state index in [2.05, 4.69) is 48.6 Å². The largest absolute Gasteiger partial charge is 0.353 e. The van der Waals surface area contributed by atoms with E-state index in [1.807, 2.05) is 4.90 Å². The van der Waals surface area contributed by atoms with Crippen LogP contribution in [0.25, 0.3) is 0 Å². The van der Waals surface area contributed by atoms with Crippen LogP contribution in [-0.2, 0) is 0 Å². The molecule has 0 unspecified atom stereocenters. The predicted molar refractivity (Wildman–Crippen MR) is 105 cm³/mol. The molecule has 7 nitrogen and oxygen atoms in total. The van der Waals surface area contributed by atoms with Crippen molar-refractivity contribution in [1.29, 1.82) is 0 Å². The molecule has 2 aromatic heterocycles. The molecule has 0 radical (unpaired) electrons. The topological polar surface area (TPSA) is 82.2 Å². The van der Waals surface area contributed by atoms with Crippen molar-refractivity contribution >= 4 is 11.7 Å². The van der Waals surface area contributed by atoms with Crippen LogP contribution in [-0.4, -0.2) is 51.9 Å². The van der Waals surface area contributed by atoms with E-state index < -0.39 is 0 Å². The lowest BCUT2D eigenvalue weighted by molar-refractivity contribution is 0.0746. The maximum Gasteiger partial charge on any atom is 0.255 e. The summed E-state index contributed by atoms with van der Waals surface area (Å²) in [5, 5.41) is 0. The van der Waals surface area contributed by atoms with Crippen molar-refractivity contribution in [3.8, 4) is 0 Å². The van der Waals surface area contributed by atoms with Crippen LogP contribution in [0.1, 0.15) is 61.4 Å². The molecule has 7 heteroatoms. The van der Waals surface area contributed by atoms with Gasteiger partial charge in [-0.3, -0.25) is 9.59 Å². The van der Waals surface area contributed by atoms with Gasteiger partial charge in [-0.2, -0.15) is 0 Å². The van der Waals surface area contributed by atoms with E-state index in [0.717, 1.165) is 30.4 Å². The average Bonchev–Trinajstić information content (AvgIpc) is 2.67. The van der Waals surface area contributed by atoms with Crippen molar-refractivity contribution in [2.24, 2.45) is 0 Å². The van der Waals surface area contributed by atoms with Crippen molar-refractivity contribution < 1.29 is 4.79 Å². The van der Waals surface area contributed by atoms with Gasteiger partial charge >= 0.3 is 0 Å². The van der Waals surface area contributed by atoms with Crippen LogP contribution in [0.5, 0.6) is 0 Å². The number of H-pyrrole nitrogens is 1. The van der Waals surface area contributed by atoms with Gasteiger partial charge in [-0.15, -0.1) is 0 Å². The summed E-state index contributed by atoms with van der Waals surface area (Å²) in [6.45, 7) is 11.2. The fraction of sp³-hybridized carbons (Fsp3) is 0.500. The number of aromatic nitrogens is 3. The van der Waals surface area contributed by atoms with E-state index in [1.54, 1.807) is 6.07 Å². The molecular weight excluding hydrogens is 342 g/mol. The van der Waals surface area contributed by atoms with Crippen LogP contribution < -0.4 is 10.5 Å². The Morgan fingerprint density at radius 1 is 1.04 bits per heavy atom. The number of pyridine rings is 1. The standard InChI is InChI=1S/C20H27N5O2/c1-13(2)16-11-17(23-19(22-16)14(3)4)24-7-9-25(10-8-24)20(27)15-5-6-18(26)21-12-15/h5-6,11-14H,7-10H2,1-4H3,(H,21,26). The number of rotatable bonds is 4. The SMILES string of the molecule is CC(C)c1cc(N2CCN(C(=O)c3ccc(=O)[nH]c3)CC2)nc(C(C)C)n1. The normalized spacial score (nSPS) is 14.9. The van der Waals surface area contributed by atoms with E-state index in [-0.39, 0.29) is 17.4 Å². The van der Waals surface area contributed by atoms with Gasteiger partial charge in [0.2, 0.25) is 5.56 Å². The predicted octanol–water partition coefficient (Wildman–Crippen LogP) is 2.37. The average molecular weight is 369 g/mol. The number of anilines is 1. The van der Waals surface area contributed by atoms with Gasteiger partial charge in [0.1, 0.15) is 11.6 Å². The molecule has 1 fully saturated rings. The Bertz CT molecular complexity index is 820. The van der Waals surface area contributed by atoms with Crippen LogP contribution in [0, 0.1) is 0 Å². The molecule has 0 bridgehead atoms. The summed E-state index contributed by atoms with van der Waals surface area (Å²) < 4.78 is 0. The summed E-state index contributed by atoms with van der Waals surface area (Å²) >= 11 is 0. The van der Waals surface area contributed by atoms with Gasteiger partial charge in [0, 0.05) is 56.1 Å². The maximum atomic E-state index is 12.6. The van der Waals surface area contributed by atoms with Crippen LogP contribution >= 0.6 is 0 Å². The number of nitrogens with one attached hydrogen (secondary N) is 1. The molecule has 1 N–H and O–H groups in total. The van der Waals surface area contributed by atoms with E-state index in [4.69, 9.17) is 4.98 Å². The lowest BCUT2D eigenvalue weighted by Gasteiger charge is -2.35. The summed E-state index contributed by atoms with van der Waals surface area (Å²) in [7, 11) is 0. The smallest absolute Gasteiger partial charge is 0.255 e. The first-order chi connectivity index (χ1) is 12.8. The lowest BCUT2D eigenvalue weighted by atomic mass is 10.1. The number of nitrogens with zero attached hydrogens (tertiary/aromatic N) is 4. The third-order valence-electron chi connectivity index (χ3n) is 4.78.